The number of carbonyl (C=O) groups is 1. The van der Waals surface area contributed by atoms with Gasteiger partial charge in [0, 0.05) is 31.1 Å². The van der Waals surface area contributed by atoms with Crippen LogP contribution < -0.4 is 14.8 Å². The molecule has 1 aliphatic carbocycles. The van der Waals surface area contributed by atoms with Crippen molar-refractivity contribution in [2.24, 2.45) is 0 Å². The average Bonchev–Trinajstić information content (AvgIpc) is 2.88. The second-order valence-electron chi connectivity index (χ2n) is 10.7. The van der Waals surface area contributed by atoms with Gasteiger partial charge in [0.25, 0.3) is 5.91 Å². The lowest BCUT2D eigenvalue weighted by atomic mass is 9.79. The van der Waals surface area contributed by atoms with Crippen LogP contribution in [0.25, 0.3) is 0 Å². The molecule has 0 bridgehead atoms. The Morgan fingerprint density at radius 2 is 1.97 bits per heavy atom. The molecule has 2 N–H and O–H groups in total. The molecule has 0 radical (unpaired) electrons. The topological polar surface area (TPSA) is 124 Å². The number of hydrogen-bond acceptors (Lipinski definition) is 7. The fraction of sp³-hybridized carbons (Fsp3) is 0.500. The molecular formula is C28H34N4O4S2. The maximum atomic E-state index is 12.6. The van der Waals surface area contributed by atoms with Gasteiger partial charge in [-0.3, -0.25) is 9.69 Å². The van der Waals surface area contributed by atoms with Crippen LogP contribution in [0, 0.1) is 11.3 Å². The molecule has 5 rings (SSSR count). The summed E-state index contributed by atoms with van der Waals surface area (Å²) in [6, 6.07) is 14.1. The van der Waals surface area contributed by atoms with Gasteiger partial charge in [0.2, 0.25) is 0 Å². The summed E-state index contributed by atoms with van der Waals surface area (Å²) in [6.07, 6.45) is 8.52. The second-order valence-corrected chi connectivity index (χ2v) is 13.2. The predicted octanol–water partition coefficient (Wildman–Crippen LogP) is 2.97. The molecule has 8 nitrogen and oxygen atoms in total. The fourth-order valence-electron chi connectivity index (χ4n) is 6.17. The minimum atomic E-state index is -1.23. The first kappa shape index (κ1) is 27.2. The summed E-state index contributed by atoms with van der Waals surface area (Å²) in [7, 11) is 0. The molecule has 4 unspecified atom stereocenters. The van der Waals surface area contributed by atoms with E-state index in [0.717, 1.165) is 62.1 Å². The molecule has 202 valence electrons. The van der Waals surface area contributed by atoms with Crippen molar-refractivity contribution in [3.8, 4) is 11.8 Å². The van der Waals surface area contributed by atoms with Crippen molar-refractivity contribution < 1.29 is 18.6 Å². The van der Waals surface area contributed by atoms with Gasteiger partial charge in [0.15, 0.2) is 5.75 Å². The van der Waals surface area contributed by atoms with Crippen LogP contribution in [-0.4, -0.2) is 62.9 Å². The molecule has 1 spiro atoms. The molecule has 10 heteroatoms. The van der Waals surface area contributed by atoms with E-state index in [9.17, 15) is 19.2 Å². The van der Waals surface area contributed by atoms with E-state index >= 15 is 0 Å². The third kappa shape index (κ3) is 6.08. The first-order valence-corrected chi connectivity index (χ1v) is 16.3. The zero-order valence-electron chi connectivity index (χ0n) is 21.8. The predicted molar refractivity (Wildman–Crippen MR) is 150 cm³/mol. The van der Waals surface area contributed by atoms with Gasteiger partial charge in [-0.15, -0.1) is 0 Å². The molecule has 4 atom stereocenters. The first-order chi connectivity index (χ1) is 18.2. The highest BCUT2D eigenvalue weighted by Crippen LogP contribution is 2.46. The Bertz CT molecular complexity index is 1220. The molecule has 2 aromatic carbocycles. The van der Waals surface area contributed by atoms with Crippen LogP contribution in [-0.2, 0) is 40.2 Å². The highest BCUT2D eigenvalue weighted by molar-refractivity contribution is 7.92. The largest absolute Gasteiger partial charge is 0.616 e. The zero-order valence-corrected chi connectivity index (χ0v) is 23.5. The van der Waals surface area contributed by atoms with Gasteiger partial charge >= 0.3 is 0 Å². The van der Waals surface area contributed by atoms with Gasteiger partial charge in [0.1, 0.15) is 17.6 Å². The average molecular weight is 555 g/mol. The quantitative estimate of drug-likeness (QED) is 0.526. The lowest BCUT2D eigenvalue weighted by Gasteiger charge is -2.49. The minimum Gasteiger partial charge on any atom is -0.616 e. The number of fused-ring (bicyclic) bond motifs is 2. The maximum absolute atomic E-state index is 12.6. The van der Waals surface area contributed by atoms with E-state index in [4.69, 9.17) is 4.74 Å². The fourth-order valence-corrected chi connectivity index (χ4v) is 7.08. The van der Waals surface area contributed by atoms with E-state index in [1.807, 2.05) is 30.3 Å². The van der Waals surface area contributed by atoms with Crippen molar-refractivity contribution in [2.45, 2.75) is 56.2 Å². The number of nitriles is 1. The van der Waals surface area contributed by atoms with Gasteiger partial charge in [-0.2, -0.15) is 5.26 Å². The van der Waals surface area contributed by atoms with Gasteiger partial charge in [-0.1, -0.05) is 6.07 Å². The van der Waals surface area contributed by atoms with Crippen LogP contribution in [0.2, 0.25) is 0 Å². The molecule has 2 aliphatic heterocycles. The van der Waals surface area contributed by atoms with E-state index in [1.165, 1.54) is 17.4 Å². The van der Waals surface area contributed by atoms with Crippen molar-refractivity contribution >= 4 is 34.1 Å². The number of benzene rings is 2. The third-order valence-electron chi connectivity index (χ3n) is 7.98. The second kappa shape index (κ2) is 11.4. The number of carbonyl (C=O) groups excluding carboxylic acids is 1. The molecule has 2 heterocycles. The van der Waals surface area contributed by atoms with Gasteiger partial charge in [-0.05, 0) is 84.7 Å². The van der Waals surface area contributed by atoms with Crippen molar-refractivity contribution in [3.63, 3.8) is 0 Å². The summed E-state index contributed by atoms with van der Waals surface area (Å²) in [5, 5.41) is 12.3. The number of piperidine rings is 1. The Hall–Kier alpha value is -2.42. The van der Waals surface area contributed by atoms with Crippen molar-refractivity contribution in [2.75, 3.05) is 36.1 Å². The first-order valence-electron chi connectivity index (χ1n) is 13.0. The lowest BCUT2D eigenvalue weighted by Crippen LogP contribution is -2.55. The Labute approximate surface area is 230 Å². The van der Waals surface area contributed by atoms with Gasteiger partial charge in [0.05, 0.1) is 41.0 Å². The van der Waals surface area contributed by atoms with Crippen molar-refractivity contribution in [1.82, 2.24) is 10.2 Å². The third-order valence-corrected chi connectivity index (χ3v) is 9.17. The summed E-state index contributed by atoms with van der Waals surface area (Å²) in [4.78, 5) is 15.2. The highest BCUT2D eigenvalue weighted by atomic mass is 32.2. The molecule has 1 amide bonds. The van der Waals surface area contributed by atoms with Crippen molar-refractivity contribution in [1.29, 1.82) is 5.26 Å². The summed E-state index contributed by atoms with van der Waals surface area (Å²) < 4.78 is 33.0. The van der Waals surface area contributed by atoms with Crippen molar-refractivity contribution in [3.05, 3.63) is 58.7 Å². The van der Waals surface area contributed by atoms with Gasteiger partial charge in [-0.25, -0.2) is 4.72 Å². The van der Waals surface area contributed by atoms with E-state index in [1.54, 1.807) is 6.26 Å². The van der Waals surface area contributed by atoms with Gasteiger partial charge < -0.3 is 19.2 Å². The van der Waals surface area contributed by atoms with Crippen LogP contribution in [0.15, 0.2) is 36.4 Å². The standard InChI is InChI=1S/C28H34N4O4S2/c1-37(34)18-27(33)30-25-16-28(36-26-8-6-22(15-24(25)26)31-38(2)35)9-11-32(12-10-28)23-7-5-20-13-19(17-29)3-4-21(20)14-23/h3-4,6,8,13,15,23,25,31H,5,7,9-12,14,16,18H2,1-2H3,(H,30,33). The summed E-state index contributed by atoms with van der Waals surface area (Å²) in [6.45, 7) is 1.83. The van der Waals surface area contributed by atoms with E-state index < -0.39 is 22.5 Å². The SMILES string of the molecule is C[S+]([O-])CC(=O)NC1CC2(CCN(C3CCc4cc(C#N)ccc4C3)CC2)Oc2ccc(N[S+](C)[O-])cc21. The molecular weight excluding hydrogens is 520 g/mol. The number of ether oxygens (including phenoxy) is 1. The van der Waals surface area contributed by atoms with Crippen LogP contribution in [0.4, 0.5) is 5.69 Å². The summed E-state index contributed by atoms with van der Waals surface area (Å²) in [5.74, 6) is 0.456. The van der Waals surface area contributed by atoms with Crippen LogP contribution >= 0.6 is 0 Å². The Morgan fingerprint density at radius 1 is 1.18 bits per heavy atom. The molecule has 38 heavy (non-hydrogen) atoms. The zero-order chi connectivity index (χ0) is 26.9. The molecule has 1 saturated heterocycles. The van der Waals surface area contributed by atoms with E-state index in [0.29, 0.717) is 18.2 Å². The maximum Gasteiger partial charge on any atom is 0.270 e. The molecule has 0 aromatic heterocycles. The summed E-state index contributed by atoms with van der Waals surface area (Å²) >= 11 is -2.45. The van der Waals surface area contributed by atoms with Crippen LogP contribution in [0.1, 0.15) is 54.0 Å². The number of hydrogen-bond donors (Lipinski definition) is 2. The lowest BCUT2D eigenvalue weighted by molar-refractivity contribution is -0.120. The number of rotatable bonds is 6. The summed E-state index contributed by atoms with van der Waals surface area (Å²) in [5.41, 5.74) is 4.55. The molecule has 0 saturated carbocycles. The number of anilines is 1. The molecule has 1 fully saturated rings. The number of aryl methyl sites for hydroxylation is 1. The van der Waals surface area contributed by atoms with E-state index in [2.05, 4.69) is 27.1 Å². The number of amides is 1. The smallest absolute Gasteiger partial charge is 0.270 e. The number of nitrogens with zero attached hydrogens (tertiary/aromatic N) is 2. The molecule has 2 aromatic rings. The minimum absolute atomic E-state index is 0.0383. The number of nitrogens with one attached hydrogen (secondary N) is 2. The van der Waals surface area contributed by atoms with Crippen LogP contribution in [0.5, 0.6) is 5.75 Å². The normalized spacial score (nSPS) is 23.8. The Balaban J connectivity index is 1.30. The van der Waals surface area contributed by atoms with Crippen LogP contribution in [0.3, 0.4) is 0 Å². The monoisotopic (exact) mass is 554 g/mol. The van der Waals surface area contributed by atoms with E-state index in [-0.39, 0.29) is 23.3 Å². The molecule has 3 aliphatic rings. The Kier molecular flexibility index (Phi) is 8.12. The highest BCUT2D eigenvalue weighted by Gasteiger charge is 2.45. The Morgan fingerprint density at radius 3 is 2.68 bits per heavy atom. The number of likely N-dealkylation sites (tertiary alicyclic amines) is 1.